The maximum Gasteiger partial charge on any atom is 0.243 e. The zero-order valence-electron chi connectivity index (χ0n) is 14.3. The monoisotopic (exact) mass is 358 g/mol. The van der Waals surface area contributed by atoms with Gasteiger partial charge in [-0.25, -0.2) is 8.78 Å². The van der Waals surface area contributed by atoms with Gasteiger partial charge in [-0.2, -0.15) is 0 Å². The first kappa shape index (κ1) is 18.0. The molecule has 0 spiro atoms. The molecule has 0 aromatic heterocycles. The summed E-state index contributed by atoms with van der Waals surface area (Å²) >= 11 is 0. The fourth-order valence-corrected chi connectivity index (χ4v) is 3.12. The lowest BCUT2D eigenvalue weighted by molar-refractivity contribution is -0.144. The first-order valence-corrected chi connectivity index (χ1v) is 8.59. The summed E-state index contributed by atoms with van der Waals surface area (Å²) in [5, 5.41) is 2.72. The van der Waals surface area contributed by atoms with E-state index in [4.69, 9.17) is 0 Å². The van der Waals surface area contributed by atoms with Crippen molar-refractivity contribution < 1.29 is 18.4 Å². The highest BCUT2D eigenvalue weighted by atomic mass is 19.1. The average molecular weight is 358 g/mol. The molecule has 2 aromatic carbocycles. The van der Waals surface area contributed by atoms with Crippen molar-refractivity contribution in [3.63, 3.8) is 0 Å². The van der Waals surface area contributed by atoms with Gasteiger partial charge < -0.3 is 10.2 Å². The largest absolute Gasteiger partial charge is 0.350 e. The molecule has 6 heteroatoms. The van der Waals surface area contributed by atoms with Crippen molar-refractivity contribution in [2.24, 2.45) is 0 Å². The van der Waals surface area contributed by atoms with Gasteiger partial charge in [0.05, 0.1) is 0 Å². The Morgan fingerprint density at radius 3 is 2.58 bits per heavy atom. The first-order valence-electron chi connectivity index (χ1n) is 8.59. The van der Waals surface area contributed by atoms with E-state index in [2.05, 4.69) is 5.32 Å². The Labute approximate surface area is 150 Å². The summed E-state index contributed by atoms with van der Waals surface area (Å²) in [6, 6.07) is 11.5. The molecular weight excluding hydrogens is 338 g/mol. The molecule has 136 valence electrons. The van der Waals surface area contributed by atoms with Gasteiger partial charge in [-0.3, -0.25) is 9.59 Å². The van der Waals surface area contributed by atoms with E-state index < -0.39 is 6.04 Å². The third kappa shape index (κ3) is 4.25. The molecule has 1 atom stereocenters. The van der Waals surface area contributed by atoms with E-state index in [9.17, 15) is 18.4 Å². The van der Waals surface area contributed by atoms with Gasteiger partial charge in [0.1, 0.15) is 17.7 Å². The second-order valence-electron chi connectivity index (χ2n) is 6.37. The smallest absolute Gasteiger partial charge is 0.243 e. The van der Waals surface area contributed by atoms with E-state index in [1.165, 1.54) is 23.1 Å². The second-order valence-corrected chi connectivity index (χ2v) is 6.37. The number of carbonyl (C=O) groups is 2. The van der Waals surface area contributed by atoms with Crippen LogP contribution in [0.2, 0.25) is 0 Å². The summed E-state index contributed by atoms with van der Waals surface area (Å²) in [6.07, 6.45) is 1.57. The van der Waals surface area contributed by atoms with Crippen LogP contribution in [0.25, 0.3) is 0 Å². The van der Waals surface area contributed by atoms with Crippen LogP contribution < -0.4 is 5.32 Å². The standard InChI is InChI=1S/C20H20F2N2O2/c21-16-10-8-14(9-11-16)13-24-18(6-3-7-19(24)25)20(26)23-12-15-4-1-2-5-17(15)22/h1-2,4-5,8-11,18H,3,6-7,12-13H2,(H,23,26). The van der Waals surface area contributed by atoms with Crippen molar-refractivity contribution in [3.05, 3.63) is 71.3 Å². The first-order chi connectivity index (χ1) is 12.5. The van der Waals surface area contributed by atoms with Crippen LogP contribution in [0, 0.1) is 11.6 Å². The molecule has 0 bridgehead atoms. The zero-order chi connectivity index (χ0) is 18.5. The lowest BCUT2D eigenvalue weighted by Crippen LogP contribution is -2.51. The molecule has 0 radical (unpaired) electrons. The summed E-state index contributed by atoms with van der Waals surface area (Å²) in [4.78, 5) is 26.4. The summed E-state index contributed by atoms with van der Waals surface area (Å²) < 4.78 is 26.8. The quantitative estimate of drug-likeness (QED) is 0.893. The van der Waals surface area contributed by atoms with Crippen molar-refractivity contribution >= 4 is 11.8 Å². The van der Waals surface area contributed by atoms with Crippen LogP contribution in [0.3, 0.4) is 0 Å². The summed E-state index contributed by atoms with van der Waals surface area (Å²) in [7, 11) is 0. The Kier molecular flexibility index (Phi) is 5.61. The number of benzene rings is 2. The van der Waals surface area contributed by atoms with Crippen LogP contribution >= 0.6 is 0 Å². The molecule has 3 rings (SSSR count). The highest BCUT2D eigenvalue weighted by Gasteiger charge is 2.33. The number of hydrogen-bond donors (Lipinski definition) is 1. The molecule has 1 aliphatic rings. The second kappa shape index (κ2) is 8.08. The van der Waals surface area contributed by atoms with E-state index in [0.29, 0.717) is 24.8 Å². The van der Waals surface area contributed by atoms with Gasteiger partial charge in [-0.1, -0.05) is 30.3 Å². The zero-order valence-corrected chi connectivity index (χ0v) is 14.3. The van der Waals surface area contributed by atoms with Crippen molar-refractivity contribution in [2.75, 3.05) is 0 Å². The van der Waals surface area contributed by atoms with Gasteiger partial charge in [0.2, 0.25) is 11.8 Å². The Balaban J connectivity index is 1.68. The minimum absolute atomic E-state index is 0.0700. The Bertz CT molecular complexity index is 793. The number of carbonyl (C=O) groups excluding carboxylic acids is 2. The van der Waals surface area contributed by atoms with E-state index in [1.54, 1.807) is 30.3 Å². The maximum atomic E-state index is 13.7. The van der Waals surface area contributed by atoms with Crippen LogP contribution in [0.15, 0.2) is 48.5 Å². The van der Waals surface area contributed by atoms with Crippen LogP contribution in [0.1, 0.15) is 30.4 Å². The predicted molar refractivity (Wildman–Crippen MR) is 92.8 cm³/mol. The number of likely N-dealkylation sites (tertiary alicyclic amines) is 1. The third-order valence-electron chi connectivity index (χ3n) is 4.54. The molecule has 0 saturated carbocycles. The molecule has 2 amide bonds. The predicted octanol–water partition coefficient (Wildman–Crippen LogP) is 3.16. The topological polar surface area (TPSA) is 49.4 Å². The lowest BCUT2D eigenvalue weighted by Gasteiger charge is -2.34. The number of piperidine rings is 1. The number of halogens is 2. The fraction of sp³-hybridized carbons (Fsp3) is 0.300. The lowest BCUT2D eigenvalue weighted by atomic mass is 9.99. The molecule has 1 heterocycles. The molecule has 1 aliphatic heterocycles. The molecule has 0 aliphatic carbocycles. The van der Waals surface area contributed by atoms with Gasteiger partial charge in [-0.05, 0) is 36.6 Å². The molecule has 1 N–H and O–H groups in total. The summed E-state index contributed by atoms with van der Waals surface area (Å²) in [6.45, 7) is 0.317. The summed E-state index contributed by atoms with van der Waals surface area (Å²) in [5.41, 5.74) is 1.15. The highest BCUT2D eigenvalue weighted by Crippen LogP contribution is 2.21. The molecule has 4 nitrogen and oxygen atoms in total. The van der Waals surface area contributed by atoms with E-state index in [0.717, 1.165) is 5.56 Å². The molecule has 1 saturated heterocycles. The average Bonchev–Trinajstić information content (AvgIpc) is 2.64. The third-order valence-corrected chi connectivity index (χ3v) is 4.54. The van der Waals surface area contributed by atoms with Crippen LogP contribution in [-0.4, -0.2) is 22.8 Å². The van der Waals surface area contributed by atoms with Gasteiger partial charge in [-0.15, -0.1) is 0 Å². The molecule has 26 heavy (non-hydrogen) atoms. The van der Waals surface area contributed by atoms with Gasteiger partial charge in [0.15, 0.2) is 0 Å². The SMILES string of the molecule is O=C(NCc1ccccc1F)C1CCCC(=O)N1Cc1ccc(F)cc1. The van der Waals surface area contributed by atoms with Gasteiger partial charge in [0.25, 0.3) is 0 Å². The van der Waals surface area contributed by atoms with Gasteiger partial charge in [0, 0.05) is 25.1 Å². The number of amides is 2. The van der Waals surface area contributed by atoms with Crippen LogP contribution in [-0.2, 0) is 22.7 Å². The van der Waals surface area contributed by atoms with E-state index >= 15 is 0 Å². The number of nitrogens with one attached hydrogen (secondary N) is 1. The minimum Gasteiger partial charge on any atom is -0.350 e. The van der Waals surface area contributed by atoms with E-state index in [1.807, 2.05) is 0 Å². The Morgan fingerprint density at radius 2 is 1.85 bits per heavy atom. The Morgan fingerprint density at radius 1 is 1.12 bits per heavy atom. The van der Waals surface area contributed by atoms with E-state index in [-0.39, 0.29) is 36.5 Å². The number of hydrogen-bond acceptors (Lipinski definition) is 2. The van der Waals surface area contributed by atoms with Gasteiger partial charge >= 0.3 is 0 Å². The van der Waals surface area contributed by atoms with Crippen molar-refractivity contribution in [2.45, 2.75) is 38.4 Å². The molecule has 1 unspecified atom stereocenters. The molecular formula is C20H20F2N2O2. The molecule has 2 aromatic rings. The van der Waals surface area contributed by atoms with Crippen LogP contribution in [0.5, 0.6) is 0 Å². The highest BCUT2D eigenvalue weighted by molar-refractivity contribution is 5.88. The van der Waals surface area contributed by atoms with Crippen molar-refractivity contribution in [1.29, 1.82) is 0 Å². The minimum atomic E-state index is -0.604. The number of nitrogens with zero attached hydrogens (tertiary/aromatic N) is 1. The number of rotatable bonds is 5. The molecule has 1 fully saturated rings. The summed E-state index contributed by atoms with van der Waals surface area (Å²) in [5.74, 6) is -1.14. The fourth-order valence-electron chi connectivity index (χ4n) is 3.12. The van der Waals surface area contributed by atoms with Crippen molar-refractivity contribution in [1.82, 2.24) is 10.2 Å². The Hall–Kier alpha value is -2.76. The maximum absolute atomic E-state index is 13.7. The van der Waals surface area contributed by atoms with Crippen LogP contribution in [0.4, 0.5) is 8.78 Å². The van der Waals surface area contributed by atoms with Crippen molar-refractivity contribution in [3.8, 4) is 0 Å². The normalized spacial score (nSPS) is 17.2.